The van der Waals surface area contributed by atoms with Gasteiger partial charge >= 0.3 is 0 Å². The number of halogens is 1. The van der Waals surface area contributed by atoms with Crippen molar-refractivity contribution in [1.29, 1.82) is 5.26 Å². The summed E-state index contributed by atoms with van der Waals surface area (Å²) < 4.78 is 23.2. The standard InChI is InChI=1S/C34H37FN8O2/c1-41(2)21-34(14-6-7-15-34)18-23(19-36)33(44)42-16-8-9-24(20-42)43-32-29(31(37)38-22-39-32)30(40-43)27-13-12-26(17-28(27)35)45-25-10-4-3-5-11-25/h3-5,10-13,17-18,22,24H,6-9,14-16,20-21H2,1-2H3,(H2,37,38,39)/t24-/m1/s1. The van der Waals surface area contributed by atoms with Crippen molar-refractivity contribution < 1.29 is 13.9 Å². The predicted octanol–water partition coefficient (Wildman–Crippen LogP) is 5.74. The Labute approximate surface area is 261 Å². The molecule has 45 heavy (non-hydrogen) atoms. The number of nitrogen functional groups attached to an aromatic ring is 1. The molecule has 0 unspecified atom stereocenters. The molecule has 2 aromatic heterocycles. The van der Waals surface area contributed by atoms with Crippen molar-refractivity contribution in [2.24, 2.45) is 5.41 Å². The number of fused-ring (bicyclic) bond motifs is 1. The van der Waals surface area contributed by atoms with Crippen molar-refractivity contribution in [3.05, 3.63) is 72.3 Å². The number of likely N-dealkylation sites (tertiary alicyclic amines) is 1. The number of nitrogens with zero attached hydrogens (tertiary/aromatic N) is 7. The second-order valence-electron chi connectivity index (χ2n) is 12.3. The minimum Gasteiger partial charge on any atom is -0.457 e. The van der Waals surface area contributed by atoms with Crippen LogP contribution in [0.25, 0.3) is 22.3 Å². The summed E-state index contributed by atoms with van der Waals surface area (Å²) in [4.78, 5) is 26.3. The summed E-state index contributed by atoms with van der Waals surface area (Å²) in [5.41, 5.74) is 7.35. The van der Waals surface area contributed by atoms with E-state index < -0.39 is 5.82 Å². The molecule has 232 valence electrons. The fraction of sp³-hybridized carbons (Fsp3) is 0.382. The summed E-state index contributed by atoms with van der Waals surface area (Å²) in [6, 6.07) is 15.7. The predicted molar refractivity (Wildman–Crippen MR) is 170 cm³/mol. The van der Waals surface area contributed by atoms with Crippen LogP contribution in [0.4, 0.5) is 10.2 Å². The lowest BCUT2D eigenvalue weighted by Crippen LogP contribution is -2.42. The van der Waals surface area contributed by atoms with Crippen LogP contribution < -0.4 is 10.5 Å². The van der Waals surface area contributed by atoms with E-state index in [0.29, 0.717) is 41.3 Å². The maximum absolute atomic E-state index is 15.6. The van der Waals surface area contributed by atoms with E-state index in [2.05, 4.69) is 20.9 Å². The molecule has 1 saturated carbocycles. The first-order valence-electron chi connectivity index (χ1n) is 15.4. The topological polar surface area (TPSA) is 126 Å². The number of carbonyl (C=O) groups excluding carboxylic acids is 1. The zero-order valence-electron chi connectivity index (χ0n) is 25.6. The number of piperidine rings is 1. The van der Waals surface area contributed by atoms with Gasteiger partial charge < -0.3 is 20.3 Å². The smallest absolute Gasteiger partial charge is 0.264 e. The lowest BCUT2D eigenvalue weighted by Gasteiger charge is -2.34. The van der Waals surface area contributed by atoms with Crippen LogP contribution in [0.2, 0.25) is 0 Å². The highest BCUT2D eigenvalue weighted by atomic mass is 19.1. The number of amides is 1. The molecule has 6 rings (SSSR count). The van der Waals surface area contributed by atoms with Gasteiger partial charge in [-0.25, -0.2) is 19.0 Å². The van der Waals surface area contributed by atoms with Crippen LogP contribution >= 0.6 is 0 Å². The number of carbonyl (C=O) groups is 1. The van der Waals surface area contributed by atoms with Crippen molar-refractivity contribution in [2.75, 3.05) is 39.5 Å². The number of nitrogens with two attached hydrogens (primary N) is 1. The fourth-order valence-electron chi connectivity index (χ4n) is 6.83. The molecule has 2 aromatic carbocycles. The Morgan fingerprint density at radius 1 is 1.16 bits per heavy atom. The van der Waals surface area contributed by atoms with Crippen LogP contribution in [-0.4, -0.2) is 69.2 Å². The van der Waals surface area contributed by atoms with E-state index in [0.717, 1.165) is 45.1 Å². The monoisotopic (exact) mass is 608 g/mol. The summed E-state index contributed by atoms with van der Waals surface area (Å²) in [6.45, 7) is 1.67. The molecule has 0 bridgehead atoms. The quantitative estimate of drug-likeness (QED) is 0.198. The summed E-state index contributed by atoms with van der Waals surface area (Å²) in [6.07, 6.45) is 8.84. The van der Waals surface area contributed by atoms with E-state index in [1.807, 2.05) is 38.4 Å². The number of nitriles is 1. The number of benzene rings is 2. The van der Waals surface area contributed by atoms with Gasteiger partial charge in [-0.15, -0.1) is 0 Å². The lowest BCUT2D eigenvalue weighted by molar-refractivity contribution is -0.128. The molecule has 4 aromatic rings. The highest BCUT2D eigenvalue weighted by molar-refractivity contribution is 5.99. The summed E-state index contributed by atoms with van der Waals surface area (Å²) in [7, 11) is 4.05. The van der Waals surface area contributed by atoms with Crippen LogP contribution in [0.15, 0.2) is 66.5 Å². The number of hydrogen-bond acceptors (Lipinski definition) is 8. The van der Waals surface area contributed by atoms with E-state index >= 15 is 4.39 Å². The Bertz CT molecular complexity index is 1770. The summed E-state index contributed by atoms with van der Waals surface area (Å²) in [5, 5.41) is 15.4. The maximum Gasteiger partial charge on any atom is 0.264 e. The molecular formula is C34H37FN8O2. The van der Waals surface area contributed by atoms with E-state index in [9.17, 15) is 10.1 Å². The Kier molecular flexibility index (Phi) is 8.50. The Morgan fingerprint density at radius 2 is 1.93 bits per heavy atom. The second kappa shape index (κ2) is 12.7. The molecule has 3 heterocycles. The average Bonchev–Trinajstić information content (AvgIpc) is 3.65. The Balaban J connectivity index is 1.30. The Morgan fingerprint density at radius 3 is 2.64 bits per heavy atom. The van der Waals surface area contributed by atoms with E-state index in [1.54, 1.807) is 33.8 Å². The number of rotatable bonds is 8. The van der Waals surface area contributed by atoms with Crippen molar-refractivity contribution >= 4 is 22.8 Å². The van der Waals surface area contributed by atoms with Gasteiger partial charge in [-0.05, 0) is 64.0 Å². The summed E-state index contributed by atoms with van der Waals surface area (Å²) in [5.74, 6) is 0.340. The first-order valence-corrected chi connectivity index (χ1v) is 15.4. The Hall–Kier alpha value is -4.82. The molecular weight excluding hydrogens is 571 g/mol. The molecule has 1 aliphatic carbocycles. The average molecular weight is 609 g/mol. The number of para-hydroxylation sites is 1. The second-order valence-corrected chi connectivity index (χ2v) is 12.3. The normalized spacial score (nSPS) is 18.3. The number of anilines is 1. The van der Waals surface area contributed by atoms with Crippen LogP contribution in [0.1, 0.15) is 44.6 Å². The third kappa shape index (κ3) is 6.24. The molecule has 2 aliphatic rings. The molecule has 11 heteroatoms. The molecule has 0 spiro atoms. The van der Waals surface area contributed by atoms with Gasteiger partial charge in [0.05, 0.1) is 11.4 Å². The zero-order valence-corrected chi connectivity index (χ0v) is 25.6. The fourth-order valence-corrected chi connectivity index (χ4v) is 6.83. The molecule has 10 nitrogen and oxygen atoms in total. The van der Waals surface area contributed by atoms with Crippen molar-refractivity contribution in [1.82, 2.24) is 29.5 Å². The van der Waals surface area contributed by atoms with E-state index in [1.165, 1.54) is 12.4 Å². The minimum atomic E-state index is -0.527. The highest BCUT2D eigenvalue weighted by Crippen LogP contribution is 2.41. The summed E-state index contributed by atoms with van der Waals surface area (Å²) >= 11 is 0. The van der Waals surface area contributed by atoms with Gasteiger partial charge in [0.15, 0.2) is 5.65 Å². The molecule has 2 fully saturated rings. The van der Waals surface area contributed by atoms with Gasteiger partial charge in [-0.3, -0.25) is 4.79 Å². The first-order chi connectivity index (χ1) is 21.8. The third-order valence-electron chi connectivity index (χ3n) is 8.75. The number of aromatic nitrogens is 4. The van der Waals surface area contributed by atoms with Crippen LogP contribution in [0.3, 0.4) is 0 Å². The van der Waals surface area contributed by atoms with Crippen molar-refractivity contribution in [3.63, 3.8) is 0 Å². The van der Waals surface area contributed by atoms with E-state index in [-0.39, 0.29) is 34.3 Å². The number of hydrogen-bond donors (Lipinski definition) is 1. The third-order valence-corrected chi connectivity index (χ3v) is 8.75. The molecule has 1 aliphatic heterocycles. The molecule has 0 radical (unpaired) electrons. The van der Waals surface area contributed by atoms with Crippen molar-refractivity contribution in [3.8, 4) is 28.8 Å². The van der Waals surface area contributed by atoms with Gasteiger partial charge in [0, 0.05) is 36.7 Å². The van der Waals surface area contributed by atoms with Crippen LogP contribution in [0.5, 0.6) is 11.5 Å². The van der Waals surface area contributed by atoms with Gasteiger partial charge in [-0.1, -0.05) is 37.1 Å². The SMILES string of the molecule is CN(C)CC1(C=C(C#N)C(=O)N2CCC[C@@H](n3nc(-c4ccc(Oc5ccccc5)cc4F)c4c(N)ncnc43)C2)CCCC1. The molecule has 2 N–H and O–H groups in total. The maximum atomic E-state index is 15.6. The van der Waals surface area contributed by atoms with Gasteiger partial charge in [-0.2, -0.15) is 10.4 Å². The highest BCUT2D eigenvalue weighted by Gasteiger charge is 2.36. The number of ether oxygens (including phenoxy) is 1. The van der Waals surface area contributed by atoms with Gasteiger partial charge in [0.1, 0.15) is 46.8 Å². The first kappa shape index (κ1) is 30.2. The minimum absolute atomic E-state index is 0.174. The largest absolute Gasteiger partial charge is 0.457 e. The van der Waals surface area contributed by atoms with Gasteiger partial charge in [0.25, 0.3) is 5.91 Å². The van der Waals surface area contributed by atoms with E-state index in [4.69, 9.17) is 15.6 Å². The molecule has 1 saturated heterocycles. The van der Waals surface area contributed by atoms with Crippen LogP contribution in [0, 0.1) is 22.6 Å². The zero-order chi connectivity index (χ0) is 31.6. The van der Waals surface area contributed by atoms with Gasteiger partial charge in [0.2, 0.25) is 0 Å². The molecule has 1 amide bonds. The van der Waals surface area contributed by atoms with Crippen molar-refractivity contribution in [2.45, 2.75) is 44.6 Å². The lowest BCUT2D eigenvalue weighted by atomic mass is 9.83. The molecule has 1 atom stereocenters. The van der Waals surface area contributed by atoms with Crippen LogP contribution in [-0.2, 0) is 4.79 Å².